The molecule has 0 spiro atoms. The first kappa shape index (κ1) is 17.9. The van der Waals surface area contributed by atoms with Crippen molar-refractivity contribution in [2.75, 3.05) is 6.54 Å². The molecule has 26 heavy (non-hydrogen) atoms. The molecule has 0 radical (unpaired) electrons. The highest BCUT2D eigenvalue weighted by Gasteiger charge is 2.06. The zero-order valence-electron chi connectivity index (χ0n) is 15.4. The van der Waals surface area contributed by atoms with E-state index in [1.165, 1.54) is 11.1 Å². The lowest BCUT2D eigenvalue weighted by Crippen LogP contribution is -2.24. The molecule has 0 atom stereocenters. The molecule has 0 saturated carbocycles. The van der Waals surface area contributed by atoms with Crippen LogP contribution in [0.3, 0.4) is 0 Å². The fourth-order valence-corrected chi connectivity index (χ4v) is 2.89. The molecule has 1 aromatic heterocycles. The minimum absolute atomic E-state index is 0.0397. The van der Waals surface area contributed by atoms with Crippen molar-refractivity contribution in [2.24, 2.45) is 0 Å². The maximum Gasteiger partial charge on any atom is 0.251 e. The van der Waals surface area contributed by atoms with E-state index in [1.807, 2.05) is 35.0 Å². The lowest BCUT2D eigenvalue weighted by Gasteiger charge is -2.09. The van der Waals surface area contributed by atoms with E-state index in [4.69, 9.17) is 0 Å². The van der Waals surface area contributed by atoms with Crippen molar-refractivity contribution < 1.29 is 4.79 Å². The van der Waals surface area contributed by atoms with Gasteiger partial charge in [0.05, 0.1) is 6.33 Å². The highest BCUT2D eigenvalue weighted by molar-refractivity contribution is 5.94. The largest absolute Gasteiger partial charge is 0.352 e. The summed E-state index contributed by atoms with van der Waals surface area (Å²) in [6.07, 6.45) is 7.20. The Morgan fingerprint density at radius 2 is 1.96 bits per heavy atom. The fourth-order valence-electron chi connectivity index (χ4n) is 2.89. The predicted molar refractivity (Wildman–Crippen MR) is 105 cm³/mol. The third kappa shape index (κ3) is 4.60. The normalized spacial score (nSPS) is 10.9. The molecule has 4 heteroatoms. The summed E-state index contributed by atoms with van der Waals surface area (Å²) in [5.74, 6) is 0.517. The second-order valence-electron chi connectivity index (χ2n) is 6.78. The number of carbonyl (C=O) groups excluding carboxylic acids is 1. The van der Waals surface area contributed by atoms with Crippen LogP contribution in [-0.4, -0.2) is 22.0 Å². The van der Waals surface area contributed by atoms with Gasteiger partial charge in [-0.2, -0.15) is 0 Å². The van der Waals surface area contributed by atoms with E-state index in [1.54, 1.807) is 12.5 Å². The summed E-state index contributed by atoms with van der Waals surface area (Å²) in [6, 6.07) is 16.3. The van der Waals surface area contributed by atoms with Crippen molar-refractivity contribution >= 4 is 5.91 Å². The summed E-state index contributed by atoms with van der Waals surface area (Å²) < 4.78 is 1.89. The van der Waals surface area contributed by atoms with E-state index in [0.29, 0.717) is 18.0 Å². The monoisotopic (exact) mass is 347 g/mol. The van der Waals surface area contributed by atoms with Gasteiger partial charge in [-0.05, 0) is 48.1 Å². The second kappa shape index (κ2) is 8.48. The van der Waals surface area contributed by atoms with Gasteiger partial charge in [-0.3, -0.25) is 4.79 Å². The molecule has 134 valence electrons. The summed E-state index contributed by atoms with van der Waals surface area (Å²) in [5, 5.41) is 3.01. The Bertz CT molecular complexity index is 836. The van der Waals surface area contributed by atoms with Gasteiger partial charge < -0.3 is 9.88 Å². The van der Waals surface area contributed by atoms with Gasteiger partial charge >= 0.3 is 0 Å². The number of rotatable bonds is 7. The Hall–Kier alpha value is -2.88. The first-order valence-corrected chi connectivity index (χ1v) is 9.09. The van der Waals surface area contributed by atoms with Crippen molar-refractivity contribution in [2.45, 2.75) is 32.6 Å². The van der Waals surface area contributed by atoms with Crippen LogP contribution < -0.4 is 5.32 Å². The standard InChI is InChI=1S/C22H25N3O/c1-17(2)19-10-8-18(9-11-19)5-4-12-24-22(26)20-6-3-7-21(15-20)25-14-13-23-16-25/h3,6-11,13-17H,4-5,12H2,1-2H3,(H,24,26). The minimum atomic E-state index is -0.0397. The highest BCUT2D eigenvalue weighted by atomic mass is 16.1. The van der Waals surface area contributed by atoms with Crippen LogP contribution in [-0.2, 0) is 6.42 Å². The van der Waals surface area contributed by atoms with Crippen LogP contribution in [0.4, 0.5) is 0 Å². The molecule has 0 bridgehead atoms. The first-order chi connectivity index (χ1) is 12.6. The SMILES string of the molecule is CC(C)c1ccc(CCCNC(=O)c2cccc(-n3ccnc3)c2)cc1. The first-order valence-electron chi connectivity index (χ1n) is 9.09. The van der Waals surface area contributed by atoms with Crippen LogP contribution in [0.1, 0.15) is 47.7 Å². The summed E-state index contributed by atoms with van der Waals surface area (Å²) >= 11 is 0. The van der Waals surface area contributed by atoms with E-state index in [2.05, 4.69) is 48.4 Å². The summed E-state index contributed by atoms with van der Waals surface area (Å²) in [7, 11) is 0. The third-order valence-corrected chi connectivity index (χ3v) is 4.49. The predicted octanol–water partition coefficient (Wildman–Crippen LogP) is 4.36. The fraction of sp³-hybridized carbons (Fsp3) is 0.273. The van der Waals surface area contributed by atoms with Gasteiger partial charge in [-0.15, -0.1) is 0 Å². The van der Waals surface area contributed by atoms with Gasteiger partial charge in [-0.1, -0.05) is 44.2 Å². The third-order valence-electron chi connectivity index (χ3n) is 4.49. The van der Waals surface area contributed by atoms with Crippen LogP contribution in [0.15, 0.2) is 67.3 Å². The maximum absolute atomic E-state index is 12.4. The van der Waals surface area contributed by atoms with Gasteiger partial charge in [0.15, 0.2) is 0 Å². The average molecular weight is 347 g/mol. The number of aromatic nitrogens is 2. The van der Waals surface area contributed by atoms with Crippen LogP contribution >= 0.6 is 0 Å². The van der Waals surface area contributed by atoms with Crippen molar-refractivity contribution in [3.05, 3.63) is 83.9 Å². The number of aryl methyl sites for hydroxylation is 1. The van der Waals surface area contributed by atoms with E-state index in [9.17, 15) is 4.79 Å². The number of amides is 1. The molecule has 0 saturated heterocycles. The average Bonchev–Trinajstić information content (AvgIpc) is 3.20. The van der Waals surface area contributed by atoms with Gasteiger partial charge in [-0.25, -0.2) is 4.98 Å². The summed E-state index contributed by atoms with van der Waals surface area (Å²) in [4.78, 5) is 16.4. The molecule has 3 rings (SSSR count). The number of imidazole rings is 1. The molecule has 0 unspecified atom stereocenters. The zero-order chi connectivity index (χ0) is 18.4. The smallest absolute Gasteiger partial charge is 0.251 e. The van der Waals surface area contributed by atoms with Crippen molar-refractivity contribution in [1.82, 2.24) is 14.9 Å². The van der Waals surface area contributed by atoms with Gasteiger partial charge in [0, 0.05) is 30.2 Å². The molecule has 1 amide bonds. The molecular weight excluding hydrogens is 322 g/mol. The molecule has 3 aromatic rings. The molecule has 1 heterocycles. The number of nitrogens with zero attached hydrogens (tertiary/aromatic N) is 2. The number of nitrogens with one attached hydrogen (secondary N) is 1. The van der Waals surface area contributed by atoms with Crippen molar-refractivity contribution in [1.29, 1.82) is 0 Å². The number of benzene rings is 2. The number of carbonyl (C=O) groups is 1. The van der Waals surface area contributed by atoms with E-state index in [0.717, 1.165) is 18.5 Å². The van der Waals surface area contributed by atoms with Crippen molar-refractivity contribution in [3.63, 3.8) is 0 Å². The Morgan fingerprint density at radius 3 is 2.65 bits per heavy atom. The van der Waals surface area contributed by atoms with Crippen LogP contribution in [0.25, 0.3) is 5.69 Å². The molecule has 4 nitrogen and oxygen atoms in total. The Kier molecular flexibility index (Phi) is 5.84. The Balaban J connectivity index is 1.49. The topological polar surface area (TPSA) is 46.9 Å². The molecule has 0 aliphatic carbocycles. The molecule has 1 N–H and O–H groups in total. The van der Waals surface area contributed by atoms with Crippen molar-refractivity contribution in [3.8, 4) is 5.69 Å². The Morgan fingerprint density at radius 1 is 1.15 bits per heavy atom. The summed E-state index contributed by atoms with van der Waals surface area (Å²) in [5.41, 5.74) is 4.27. The minimum Gasteiger partial charge on any atom is -0.352 e. The van der Waals surface area contributed by atoms with Crippen LogP contribution in [0, 0.1) is 0 Å². The highest BCUT2D eigenvalue weighted by Crippen LogP contribution is 2.15. The Labute approximate surface area is 154 Å². The molecule has 0 aliphatic heterocycles. The summed E-state index contributed by atoms with van der Waals surface area (Å²) in [6.45, 7) is 5.07. The quantitative estimate of drug-likeness (QED) is 0.646. The van der Waals surface area contributed by atoms with E-state index >= 15 is 0 Å². The lowest BCUT2D eigenvalue weighted by atomic mass is 10.0. The maximum atomic E-state index is 12.4. The number of hydrogen-bond donors (Lipinski definition) is 1. The van der Waals surface area contributed by atoms with Gasteiger partial charge in [0.2, 0.25) is 0 Å². The molecule has 0 aliphatic rings. The van der Waals surface area contributed by atoms with Gasteiger partial charge in [0.1, 0.15) is 0 Å². The lowest BCUT2D eigenvalue weighted by molar-refractivity contribution is 0.0953. The molecule has 2 aromatic carbocycles. The van der Waals surface area contributed by atoms with Crippen LogP contribution in [0.2, 0.25) is 0 Å². The second-order valence-corrected chi connectivity index (χ2v) is 6.78. The molecule has 0 fully saturated rings. The number of hydrogen-bond acceptors (Lipinski definition) is 2. The zero-order valence-corrected chi connectivity index (χ0v) is 15.4. The van der Waals surface area contributed by atoms with Gasteiger partial charge in [0.25, 0.3) is 5.91 Å². The van der Waals surface area contributed by atoms with Crippen LogP contribution in [0.5, 0.6) is 0 Å². The van der Waals surface area contributed by atoms with E-state index < -0.39 is 0 Å². The van der Waals surface area contributed by atoms with E-state index in [-0.39, 0.29) is 5.91 Å². The molecular formula is C22H25N3O.